The molecule has 1 aliphatic heterocycles. The molecule has 4 heterocycles. The Kier molecular flexibility index (Phi) is 4.07. The van der Waals surface area contributed by atoms with Crippen LogP contribution in [-0.4, -0.2) is 26.4 Å². The monoisotopic (exact) mass is 382 g/mol. The van der Waals surface area contributed by atoms with E-state index >= 15 is 0 Å². The van der Waals surface area contributed by atoms with Gasteiger partial charge in [-0.15, -0.1) is 22.7 Å². The number of piperidine rings is 1. The van der Waals surface area contributed by atoms with E-state index in [9.17, 15) is 4.79 Å². The molecule has 0 bridgehead atoms. The van der Waals surface area contributed by atoms with Crippen molar-refractivity contribution < 1.29 is 0 Å². The molecule has 26 heavy (non-hydrogen) atoms. The number of hydrogen-bond acceptors (Lipinski definition) is 6. The fourth-order valence-corrected chi connectivity index (χ4v) is 5.54. The molecule has 5 nitrogen and oxygen atoms in total. The number of fused-ring (bicyclic) bond motifs is 2. The van der Waals surface area contributed by atoms with Gasteiger partial charge < -0.3 is 4.98 Å². The molecule has 4 aromatic rings. The maximum atomic E-state index is 12.3. The molecule has 1 aromatic carbocycles. The van der Waals surface area contributed by atoms with Crippen molar-refractivity contribution in [3.05, 3.63) is 56.9 Å². The lowest BCUT2D eigenvalue weighted by molar-refractivity contribution is 0.137. The minimum atomic E-state index is -0.0338. The standard InChI is InChI=1S/C19H18N4OS2/c24-18-17-13(8-10-25-17)20-16(22-18)11-23-9-4-3-6-14(23)19-21-12-5-1-2-7-15(12)26-19/h1-2,5,7-8,10,14H,3-4,6,9,11H2,(H,20,22,24)/t14-/m1/s1. The van der Waals surface area contributed by atoms with Crippen LogP contribution in [-0.2, 0) is 6.54 Å². The topological polar surface area (TPSA) is 61.9 Å². The van der Waals surface area contributed by atoms with E-state index < -0.39 is 0 Å². The summed E-state index contributed by atoms with van der Waals surface area (Å²) in [5.74, 6) is 0.744. The number of thiophene rings is 1. The minimum Gasteiger partial charge on any atom is -0.308 e. The highest BCUT2D eigenvalue weighted by Gasteiger charge is 2.27. The number of aromatic nitrogens is 3. The van der Waals surface area contributed by atoms with Crippen LogP contribution in [0.2, 0.25) is 0 Å². The van der Waals surface area contributed by atoms with Crippen molar-refractivity contribution in [3.63, 3.8) is 0 Å². The molecule has 1 fully saturated rings. The second kappa shape index (κ2) is 6.57. The third-order valence-corrected chi connectivity index (χ3v) is 6.97. The van der Waals surface area contributed by atoms with Crippen LogP contribution >= 0.6 is 22.7 Å². The van der Waals surface area contributed by atoms with E-state index in [-0.39, 0.29) is 5.56 Å². The molecule has 0 saturated carbocycles. The first kappa shape index (κ1) is 16.1. The van der Waals surface area contributed by atoms with Crippen LogP contribution in [0.15, 0.2) is 40.5 Å². The Balaban J connectivity index is 1.48. The number of aromatic amines is 1. The van der Waals surface area contributed by atoms with E-state index in [1.807, 2.05) is 17.5 Å². The zero-order valence-corrected chi connectivity index (χ0v) is 15.8. The Hall–Kier alpha value is -2.09. The van der Waals surface area contributed by atoms with Crippen molar-refractivity contribution in [2.75, 3.05) is 6.54 Å². The van der Waals surface area contributed by atoms with Crippen LogP contribution in [0.25, 0.3) is 20.4 Å². The van der Waals surface area contributed by atoms with E-state index in [0.29, 0.717) is 17.3 Å². The van der Waals surface area contributed by atoms with Gasteiger partial charge in [0.05, 0.1) is 28.3 Å². The predicted octanol–water partition coefficient (Wildman–Crippen LogP) is 4.32. The van der Waals surface area contributed by atoms with Gasteiger partial charge in [0.25, 0.3) is 5.56 Å². The first-order valence-corrected chi connectivity index (χ1v) is 10.5. The van der Waals surface area contributed by atoms with E-state index in [1.165, 1.54) is 33.9 Å². The first-order chi connectivity index (χ1) is 12.8. The zero-order chi connectivity index (χ0) is 17.5. The van der Waals surface area contributed by atoms with Gasteiger partial charge in [-0.05, 0) is 43.0 Å². The summed E-state index contributed by atoms with van der Waals surface area (Å²) < 4.78 is 1.94. The number of rotatable bonds is 3. The summed E-state index contributed by atoms with van der Waals surface area (Å²) in [5.41, 5.74) is 1.83. The molecule has 0 amide bonds. The molecule has 1 aliphatic rings. The third kappa shape index (κ3) is 2.86. The van der Waals surface area contributed by atoms with Gasteiger partial charge in [0.1, 0.15) is 15.5 Å². The van der Waals surface area contributed by atoms with Gasteiger partial charge in [0.15, 0.2) is 0 Å². The summed E-state index contributed by atoms with van der Waals surface area (Å²) in [7, 11) is 0. The summed E-state index contributed by atoms with van der Waals surface area (Å²) in [6, 6.07) is 10.5. The summed E-state index contributed by atoms with van der Waals surface area (Å²) in [4.78, 5) is 27.2. The Bertz CT molecular complexity index is 1100. The number of H-pyrrole nitrogens is 1. The van der Waals surface area contributed by atoms with Gasteiger partial charge in [0, 0.05) is 0 Å². The third-order valence-electron chi connectivity index (χ3n) is 4.93. The second-order valence-electron chi connectivity index (χ2n) is 6.65. The lowest BCUT2D eigenvalue weighted by Gasteiger charge is -2.33. The largest absolute Gasteiger partial charge is 0.308 e. The van der Waals surface area contributed by atoms with Crippen LogP contribution in [0, 0.1) is 0 Å². The highest BCUT2D eigenvalue weighted by Crippen LogP contribution is 2.36. The summed E-state index contributed by atoms with van der Waals surface area (Å²) in [6.07, 6.45) is 3.49. The van der Waals surface area contributed by atoms with Crippen molar-refractivity contribution in [3.8, 4) is 0 Å². The Labute approximate surface area is 158 Å². The normalized spacial score (nSPS) is 18.7. The van der Waals surface area contributed by atoms with Crippen LogP contribution in [0.4, 0.5) is 0 Å². The Morgan fingerprint density at radius 1 is 1.15 bits per heavy atom. The van der Waals surface area contributed by atoms with Gasteiger partial charge in [0.2, 0.25) is 0 Å². The van der Waals surface area contributed by atoms with Crippen molar-refractivity contribution in [1.82, 2.24) is 19.9 Å². The number of thiazole rings is 1. The summed E-state index contributed by atoms with van der Waals surface area (Å²) in [5, 5.41) is 3.09. The quantitative estimate of drug-likeness (QED) is 0.573. The molecular weight excluding hydrogens is 364 g/mol. The summed E-state index contributed by atoms with van der Waals surface area (Å²) >= 11 is 3.22. The van der Waals surface area contributed by atoms with E-state index in [1.54, 1.807) is 11.3 Å². The molecular formula is C19H18N4OS2. The van der Waals surface area contributed by atoms with Gasteiger partial charge in [-0.3, -0.25) is 9.69 Å². The lowest BCUT2D eigenvalue weighted by atomic mass is 10.0. The molecule has 3 aromatic heterocycles. The molecule has 0 spiro atoms. The molecule has 0 unspecified atom stereocenters. The highest BCUT2D eigenvalue weighted by atomic mass is 32.1. The maximum Gasteiger partial charge on any atom is 0.268 e. The SMILES string of the molecule is O=c1[nH]c(CN2CCCC[C@@H]2c2nc3ccccc3s2)nc2ccsc12. The number of nitrogens with one attached hydrogen (secondary N) is 1. The highest BCUT2D eigenvalue weighted by molar-refractivity contribution is 7.18. The van der Waals surface area contributed by atoms with Crippen LogP contribution in [0.3, 0.4) is 0 Å². The van der Waals surface area contributed by atoms with Crippen molar-refractivity contribution >= 4 is 43.1 Å². The van der Waals surface area contributed by atoms with E-state index in [2.05, 4.69) is 33.1 Å². The van der Waals surface area contributed by atoms with Crippen molar-refractivity contribution in [1.29, 1.82) is 0 Å². The fourth-order valence-electron chi connectivity index (χ4n) is 3.68. The van der Waals surface area contributed by atoms with Crippen LogP contribution < -0.4 is 5.56 Å². The average Bonchev–Trinajstić information content (AvgIpc) is 3.29. The van der Waals surface area contributed by atoms with Crippen molar-refractivity contribution in [2.24, 2.45) is 0 Å². The van der Waals surface area contributed by atoms with Gasteiger partial charge in [-0.25, -0.2) is 9.97 Å². The molecule has 132 valence electrons. The predicted molar refractivity (Wildman–Crippen MR) is 107 cm³/mol. The number of para-hydroxylation sites is 1. The maximum absolute atomic E-state index is 12.3. The number of nitrogens with zero attached hydrogens (tertiary/aromatic N) is 3. The average molecular weight is 383 g/mol. The molecule has 1 saturated heterocycles. The molecule has 1 atom stereocenters. The smallest absolute Gasteiger partial charge is 0.268 e. The fraction of sp³-hybridized carbons (Fsp3) is 0.316. The van der Waals surface area contributed by atoms with Crippen LogP contribution in [0.1, 0.15) is 36.1 Å². The second-order valence-corrected chi connectivity index (χ2v) is 8.63. The Morgan fingerprint density at radius 2 is 2.08 bits per heavy atom. The Morgan fingerprint density at radius 3 is 3.00 bits per heavy atom. The number of likely N-dealkylation sites (tertiary alicyclic amines) is 1. The molecule has 1 N–H and O–H groups in total. The van der Waals surface area contributed by atoms with Gasteiger partial charge >= 0.3 is 0 Å². The lowest BCUT2D eigenvalue weighted by Crippen LogP contribution is -2.34. The van der Waals surface area contributed by atoms with Crippen LogP contribution in [0.5, 0.6) is 0 Å². The minimum absolute atomic E-state index is 0.0338. The zero-order valence-electron chi connectivity index (χ0n) is 14.1. The number of benzene rings is 1. The van der Waals surface area contributed by atoms with E-state index in [4.69, 9.17) is 4.98 Å². The van der Waals surface area contributed by atoms with E-state index in [0.717, 1.165) is 29.8 Å². The molecule has 0 radical (unpaired) electrons. The molecule has 7 heteroatoms. The molecule has 0 aliphatic carbocycles. The summed E-state index contributed by atoms with van der Waals surface area (Å²) in [6.45, 7) is 1.66. The first-order valence-electron chi connectivity index (χ1n) is 8.84. The van der Waals surface area contributed by atoms with Gasteiger partial charge in [-0.2, -0.15) is 0 Å². The van der Waals surface area contributed by atoms with Gasteiger partial charge in [-0.1, -0.05) is 18.6 Å². The van der Waals surface area contributed by atoms with Crippen molar-refractivity contribution in [2.45, 2.75) is 31.8 Å². The molecule has 5 rings (SSSR count). The number of hydrogen-bond donors (Lipinski definition) is 1.